The first-order chi connectivity index (χ1) is 11.9. The molecule has 0 unspecified atom stereocenters. The minimum atomic E-state index is -0.108. The normalized spacial score (nSPS) is 10.3. The maximum absolute atomic E-state index is 12.0. The van der Waals surface area contributed by atoms with Gasteiger partial charge >= 0.3 is 0 Å². The molecule has 0 bridgehead atoms. The highest BCUT2D eigenvalue weighted by atomic mass is 32.2. The van der Waals surface area contributed by atoms with Crippen LogP contribution in [0.25, 0.3) is 0 Å². The molecular weight excluding hydrogens is 372 g/mol. The van der Waals surface area contributed by atoms with Crippen LogP contribution < -0.4 is 0 Å². The van der Waals surface area contributed by atoms with Gasteiger partial charge in [0.2, 0.25) is 10.2 Å². The van der Waals surface area contributed by atoms with Crippen molar-refractivity contribution in [2.24, 2.45) is 0 Å². The van der Waals surface area contributed by atoms with Gasteiger partial charge in [-0.15, -0.1) is 0 Å². The van der Waals surface area contributed by atoms with Crippen molar-refractivity contribution in [3.63, 3.8) is 0 Å². The predicted octanol–water partition coefficient (Wildman–Crippen LogP) is 5.02. The first-order valence-corrected chi connectivity index (χ1v) is 9.66. The smallest absolute Gasteiger partial charge is 0.219 e. The van der Waals surface area contributed by atoms with Gasteiger partial charge in [-0.3, -0.25) is 9.59 Å². The van der Waals surface area contributed by atoms with Crippen molar-refractivity contribution in [3.05, 3.63) is 61.0 Å². The maximum Gasteiger partial charge on any atom is 0.219 e. The van der Waals surface area contributed by atoms with E-state index in [-0.39, 0.29) is 10.2 Å². The molecule has 2 aromatic rings. The summed E-state index contributed by atoms with van der Waals surface area (Å²) >= 11 is 3.49. The van der Waals surface area contributed by atoms with Crippen molar-refractivity contribution in [1.29, 1.82) is 0 Å². The molecule has 0 radical (unpaired) electrons. The topological polar surface area (TPSA) is 59.9 Å². The number of carbonyl (C=O) groups is 2. The Hall–Kier alpha value is -1.83. The first-order valence-electron chi connectivity index (χ1n) is 7.21. The zero-order valence-electron chi connectivity index (χ0n) is 13.8. The molecule has 128 valence electrons. The fourth-order valence-electron chi connectivity index (χ4n) is 1.53. The summed E-state index contributed by atoms with van der Waals surface area (Å²) in [4.78, 5) is 34.1. The zero-order valence-corrected chi connectivity index (χ0v) is 16.3. The van der Waals surface area contributed by atoms with E-state index in [0.717, 1.165) is 33.3 Å². The van der Waals surface area contributed by atoms with Gasteiger partial charge in [-0.25, -0.2) is 9.97 Å². The van der Waals surface area contributed by atoms with Crippen LogP contribution in [-0.2, 0) is 9.59 Å². The molecule has 0 aliphatic rings. The number of hydrogen-bond acceptors (Lipinski definition) is 7. The maximum atomic E-state index is 12.0. The van der Waals surface area contributed by atoms with E-state index in [1.807, 2.05) is 12.1 Å². The van der Waals surface area contributed by atoms with E-state index in [2.05, 4.69) is 23.1 Å². The van der Waals surface area contributed by atoms with E-state index in [4.69, 9.17) is 0 Å². The molecule has 0 N–H and O–H groups in total. The van der Waals surface area contributed by atoms with Crippen molar-refractivity contribution in [3.8, 4) is 0 Å². The molecule has 0 fully saturated rings. The van der Waals surface area contributed by atoms with Crippen molar-refractivity contribution in [2.45, 2.75) is 33.7 Å². The number of pyridine rings is 2. The summed E-state index contributed by atoms with van der Waals surface area (Å²) in [5.74, 6) is 0. The minimum absolute atomic E-state index is 0.108. The highest BCUT2D eigenvalue weighted by Crippen LogP contribution is 2.38. The molecule has 25 heavy (non-hydrogen) atoms. The van der Waals surface area contributed by atoms with Crippen LogP contribution in [0.4, 0.5) is 0 Å². The molecule has 0 saturated heterocycles. The molecule has 4 nitrogen and oxygen atoms in total. The van der Waals surface area contributed by atoms with Crippen LogP contribution in [0.3, 0.4) is 0 Å². The number of rotatable bonds is 6. The molecule has 0 amide bonds. The van der Waals surface area contributed by atoms with Crippen LogP contribution in [0.5, 0.6) is 0 Å². The SMILES string of the molecule is C=C(C)C(=O)Sc1cccnc1Sc1ncccc1SC(=O)C(=C)C. The number of nitrogens with zero attached hydrogens (tertiary/aromatic N) is 2. The number of aromatic nitrogens is 2. The van der Waals surface area contributed by atoms with Crippen molar-refractivity contribution >= 4 is 45.5 Å². The quantitative estimate of drug-likeness (QED) is 0.509. The van der Waals surface area contributed by atoms with Gasteiger partial charge in [0.1, 0.15) is 10.1 Å². The van der Waals surface area contributed by atoms with Gasteiger partial charge < -0.3 is 0 Å². The first kappa shape index (κ1) is 19.5. The Morgan fingerprint density at radius 3 is 1.60 bits per heavy atom. The minimum Gasteiger partial charge on any atom is -0.282 e. The van der Waals surface area contributed by atoms with Gasteiger partial charge in [0, 0.05) is 22.2 Å². The second kappa shape index (κ2) is 9.03. The van der Waals surface area contributed by atoms with Crippen LogP contribution in [0.2, 0.25) is 0 Å². The third-order valence-electron chi connectivity index (χ3n) is 2.77. The van der Waals surface area contributed by atoms with E-state index >= 15 is 0 Å². The molecule has 0 saturated carbocycles. The Bertz CT molecular complexity index is 780. The van der Waals surface area contributed by atoms with Gasteiger partial charge in [0.15, 0.2) is 0 Å². The average Bonchev–Trinajstić information content (AvgIpc) is 2.58. The molecule has 2 heterocycles. The number of carbonyl (C=O) groups excluding carboxylic acids is 2. The Morgan fingerprint density at radius 1 is 0.840 bits per heavy atom. The standard InChI is InChI=1S/C18H16N2O2S3/c1-11(2)17(21)23-13-7-5-9-19-15(13)25-16-14(8-6-10-20-16)24-18(22)12(3)4/h5-10H,1,3H2,2,4H3. The van der Waals surface area contributed by atoms with Crippen LogP contribution in [0.15, 0.2) is 80.8 Å². The fraction of sp³-hybridized carbons (Fsp3) is 0.111. The zero-order chi connectivity index (χ0) is 18.4. The summed E-state index contributed by atoms with van der Waals surface area (Å²) in [5.41, 5.74) is 0.955. The van der Waals surface area contributed by atoms with Crippen LogP contribution >= 0.6 is 35.3 Å². The molecule has 7 heteroatoms. The lowest BCUT2D eigenvalue weighted by molar-refractivity contribution is -0.108. The van der Waals surface area contributed by atoms with Crippen molar-refractivity contribution < 1.29 is 9.59 Å². The summed E-state index contributed by atoms with van der Waals surface area (Å²) in [6.45, 7) is 10.7. The van der Waals surface area contributed by atoms with Crippen LogP contribution in [-0.4, -0.2) is 20.2 Å². The Morgan fingerprint density at radius 2 is 1.24 bits per heavy atom. The fourth-order valence-corrected chi connectivity index (χ4v) is 4.10. The lowest BCUT2D eigenvalue weighted by Gasteiger charge is -2.09. The highest BCUT2D eigenvalue weighted by molar-refractivity contribution is 8.15. The van der Waals surface area contributed by atoms with Crippen LogP contribution in [0, 0.1) is 0 Å². The monoisotopic (exact) mass is 388 g/mol. The molecule has 2 rings (SSSR count). The van der Waals surface area contributed by atoms with E-state index in [1.54, 1.807) is 38.4 Å². The summed E-state index contributed by atoms with van der Waals surface area (Å²) < 4.78 is 0. The summed E-state index contributed by atoms with van der Waals surface area (Å²) in [7, 11) is 0. The molecular formula is C18H16N2O2S3. The van der Waals surface area contributed by atoms with Crippen molar-refractivity contribution in [1.82, 2.24) is 9.97 Å². The lowest BCUT2D eigenvalue weighted by Crippen LogP contribution is -1.95. The lowest BCUT2D eigenvalue weighted by atomic mass is 10.4. The third kappa shape index (κ3) is 5.59. The van der Waals surface area contributed by atoms with Crippen LogP contribution in [0.1, 0.15) is 13.8 Å². The van der Waals surface area contributed by atoms with Gasteiger partial charge in [-0.1, -0.05) is 13.2 Å². The summed E-state index contributed by atoms with van der Waals surface area (Å²) in [5, 5.41) is 1.10. The Labute approximate surface area is 159 Å². The van der Waals surface area contributed by atoms with E-state index < -0.39 is 0 Å². The van der Waals surface area contributed by atoms with Crippen molar-refractivity contribution in [2.75, 3.05) is 0 Å². The number of hydrogen-bond donors (Lipinski definition) is 0. The molecule has 0 spiro atoms. The number of thioether (sulfide) groups is 2. The summed E-state index contributed by atoms with van der Waals surface area (Å²) in [6, 6.07) is 7.21. The summed E-state index contributed by atoms with van der Waals surface area (Å²) in [6.07, 6.45) is 3.32. The molecule has 2 aromatic heterocycles. The van der Waals surface area contributed by atoms with Gasteiger partial charge in [-0.05, 0) is 84.5 Å². The van der Waals surface area contributed by atoms with E-state index in [9.17, 15) is 9.59 Å². The third-order valence-corrected chi connectivity index (χ3v) is 6.23. The van der Waals surface area contributed by atoms with Gasteiger partial charge in [0.25, 0.3) is 0 Å². The molecule has 0 aromatic carbocycles. The second-order valence-electron chi connectivity index (χ2n) is 5.06. The Kier molecular flexibility index (Phi) is 7.04. The van der Waals surface area contributed by atoms with E-state index in [1.165, 1.54) is 11.8 Å². The molecule has 0 aliphatic carbocycles. The molecule has 0 aliphatic heterocycles. The second-order valence-corrected chi connectivity index (χ2v) is 8.06. The van der Waals surface area contributed by atoms with Gasteiger partial charge in [-0.2, -0.15) is 0 Å². The Balaban J connectivity index is 2.29. The van der Waals surface area contributed by atoms with E-state index in [0.29, 0.717) is 21.2 Å². The predicted molar refractivity (Wildman–Crippen MR) is 104 cm³/mol. The average molecular weight is 389 g/mol. The molecule has 0 atom stereocenters. The van der Waals surface area contributed by atoms with Gasteiger partial charge in [0.05, 0.1) is 0 Å². The largest absolute Gasteiger partial charge is 0.282 e. The highest BCUT2D eigenvalue weighted by Gasteiger charge is 2.16.